The number of halogens is 1. The van der Waals surface area contributed by atoms with Crippen LogP contribution >= 0.6 is 11.6 Å². The van der Waals surface area contributed by atoms with Gasteiger partial charge in [0.2, 0.25) is 5.91 Å². The number of piperazine rings is 1. The molecule has 1 amide bonds. The van der Waals surface area contributed by atoms with E-state index in [-0.39, 0.29) is 11.9 Å². The van der Waals surface area contributed by atoms with Gasteiger partial charge in [0.1, 0.15) is 12.7 Å². The van der Waals surface area contributed by atoms with Crippen molar-refractivity contribution in [1.82, 2.24) is 25.0 Å². The van der Waals surface area contributed by atoms with E-state index in [1.165, 1.54) is 6.33 Å². The molecule has 1 aliphatic rings. The van der Waals surface area contributed by atoms with E-state index in [1.54, 1.807) is 11.0 Å². The summed E-state index contributed by atoms with van der Waals surface area (Å²) in [6, 6.07) is 7.90. The van der Waals surface area contributed by atoms with Crippen LogP contribution in [-0.4, -0.2) is 45.2 Å². The van der Waals surface area contributed by atoms with Crippen LogP contribution in [0.15, 0.2) is 36.9 Å². The molecule has 2 heterocycles. The Balaban J connectivity index is 1.59. The van der Waals surface area contributed by atoms with Crippen LogP contribution in [0.2, 0.25) is 5.02 Å². The fourth-order valence-corrected chi connectivity index (χ4v) is 2.84. The van der Waals surface area contributed by atoms with Gasteiger partial charge in [0, 0.05) is 37.1 Å². The second kappa shape index (κ2) is 6.89. The monoisotopic (exact) mass is 319 g/mol. The van der Waals surface area contributed by atoms with E-state index < -0.39 is 0 Å². The number of nitrogens with one attached hydrogen (secondary N) is 1. The van der Waals surface area contributed by atoms with E-state index in [1.807, 2.05) is 29.2 Å². The highest BCUT2D eigenvalue weighted by Gasteiger charge is 2.24. The second-order valence-corrected chi connectivity index (χ2v) is 5.75. The highest BCUT2D eigenvalue weighted by molar-refractivity contribution is 6.30. The molecule has 1 unspecified atom stereocenters. The van der Waals surface area contributed by atoms with Gasteiger partial charge in [-0.15, -0.1) is 0 Å². The van der Waals surface area contributed by atoms with Gasteiger partial charge in [-0.3, -0.25) is 9.48 Å². The maximum atomic E-state index is 12.3. The molecule has 22 heavy (non-hydrogen) atoms. The third kappa shape index (κ3) is 3.64. The first-order chi connectivity index (χ1) is 10.7. The molecule has 0 spiro atoms. The van der Waals surface area contributed by atoms with Gasteiger partial charge in [0.05, 0.1) is 6.54 Å². The number of aryl methyl sites for hydroxylation is 1. The Hall–Kier alpha value is -1.92. The Kier molecular flexibility index (Phi) is 4.70. The Labute approximate surface area is 134 Å². The number of amides is 1. The van der Waals surface area contributed by atoms with Crippen LogP contribution in [0, 0.1) is 0 Å². The number of aromatic nitrogens is 3. The minimum atomic E-state index is 0.128. The fourth-order valence-electron chi connectivity index (χ4n) is 2.64. The number of nitrogens with zero attached hydrogens (tertiary/aromatic N) is 4. The number of hydrogen-bond acceptors (Lipinski definition) is 4. The van der Waals surface area contributed by atoms with E-state index in [0.29, 0.717) is 24.5 Å². The SMILES string of the molecule is O=C(CCn1cncn1)N1CCNC(c2cccc(Cl)c2)C1. The first-order valence-corrected chi connectivity index (χ1v) is 7.69. The van der Waals surface area contributed by atoms with E-state index in [0.717, 1.165) is 18.7 Å². The molecular formula is C15H18ClN5O. The van der Waals surface area contributed by atoms with Crippen molar-refractivity contribution in [1.29, 1.82) is 0 Å². The fraction of sp³-hybridized carbons (Fsp3) is 0.400. The van der Waals surface area contributed by atoms with Crippen LogP contribution < -0.4 is 5.32 Å². The molecule has 0 bridgehead atoms. The Bertz CT molecular complexity index is 631. The van der Waals surface area contributed by atoms with Gasteiger partial charge in [0.15, 0.2) is 0 Å². The molecule has 2 aromatic rings. The molecular weight excluding hydrogens is 302 g/mol. The van der Waals surface area contributed by atoms with Crippen molar-refractivity contribution in [2.75, 3.05) is 19.6 Å². The molecule has 1 atom stereocenters. The maximum Gasteiger partial charge on any atom is 0.224 e. The summed E-state index contributed by atoms with van der Waals surface area (Å²) in [7, 11) is 0. The average Bonchev–Trinajstić information content (AvgIpc) is 3.06. The summed E-state index contributed by atoms with van der Waals surface area (Å²) in [4.78, 5) is 18.1. The highest BCUT2D eigenvalue weighted by Crippen LogP contribution is 2.21. The minimum Gasteiger partial charge on any atom is -0.339 e. The molecule has 1 aromatic heterocycles. The van der Waals surface area contributed by atoms with Gasteiger partial charge >= 0.3 is 0 Å². The van der Waals surface area contributed by atoms with Gasteiger partial charge in [-0.25, -0.2) is 4.98 Å². The molecule has 0 saturated carbocycles. The summed E-state index contributed by atoms with van der Waals surface area (Å²) >= 11 is 6.05. The quantitative estimate of drug-likeness (QED) is 0.927. The number of hydrogen-bond donors (Lipinski definition) is 1. The molecule has 3 rings (SSSR count). The minimum absolute atomic E-state index is 0.128. The third-order valence-corrected chi connectivity index (χ3v) is 4.04. The zero-order valence-corrected chi connectivity index (χ0v) is 12.9. The zero-order chi connectivity index (χ0) is 15.4. The topological polar surface area (TPSA) is 63.1 Å². The molecule has 1 saturated heterocycles. The van der Waals surface area contributed by atoms with Gasteiger partial charge in [0.25, 0.3) is 0 Å². The summed E-state index contributed by atoms with van der Waals surface area (Å²) in [5, 5.41) is 8.17. The van der Waals surface area contributed by atoms with Crippen LogP contribution in [0.5, 0.6) is 0 Å². The number of carbonyl (C=O) groups excluding carboxylic acids is 1. The van der Waals surface area contributed by atoms with Gasteiger partial charge < -0.3 is 10.2 Å². The van der Waals surface area contributed by atoms with E-state index in [9.17, 15) is 4.79 Å². The normalized spacial score (nSPS) is 18.4. The van der Waals surface area contributed by atoms with Gasteiger partial charge in [-0.05, 0) is 17.7 Å². The lowest BCUT2D eigenvalue weighted by molar-refractivity contribution is -0.132. The van der Waals surface area contributed by atoms with Crippen LogP contribution in [0.1, 0.15) is 18.0 Å². The van der Waals surface area contributed by atoms with Crippen LogP contribution in [0.4, 0.5) is 0 Å². The van der Waals surface area contributed by atoms with E-state index in [4.69, 9.17) is 11.6 Å². The summed E-state index contributed by atoms with van der Waals surface area (Å²) in [6.45, 7) is 2.74. The molecule has 1 aliphatic heterocycles. The Morgan fingerprint density at radius 1 is 1.45 bits per heavy atom. The molecule has 7 heteroatoms. The van der Waals surface area contributed by atoms with Crippen molar-refractivity contribution < 1.29 is 4.79 Å². The van der Waals surface area contributed by atoms with Gasteiger partial charge in [-0.1, -0.05) is 23.7 Å². The van der Waals surface area contributed by atoms with Crippen molar-refractivity contribution in [3.8, 4) is 0 Å². The molecule has 116 valence electrons. The summed E-state index contributed by atoms with van der Waals surface area (Å²) in [5.41, 5.74) is 1.11. The number of benzene rings is 1. The molecule has 6 nitrogen and oxygen atoms in total. The third-order valence-electron chi connectivity index (χ3n) is 3.80. The lowest BCUT2D eigenvalue weighted by Crippen LogP contribution is -2.48. The lowest BCUT2D eigenvalue weighted by atomic mass is 10.0. The zero-order valence-electron chi connectivity index (χ0n) is 12.2. The molecule has 1 aromatic carbocycles. The standard InChI is InChI=1S/C15H18ClN5O/c16-13-3-1-2-12(8-13)14-9-20(7-5-18-14)15(22)4-6-21-11-17-10-19-21/h1-3,8,10-11,14,18H,4-7,9H2. The smallest absolute Gasteiger partial charge is 0.224 e. The van der Waals surface area contributed by atoms with Crippen molar-refractivity contribution in [2.45, 2.75) is 19.0 Å². The van der Waals surface area contributed by atoms with Crippen molar-refractivity contribution in [3.05, 3.63) is 47.5 Å². The first-order valence-electron chi connectivity index (χ1n) is 7.31. The predicted molar refractivity (Wildman–Crippen MR) is 83.4 cm³/mol. The summed E-state index contributed by atoms with van der Waals surface area (Å²) < 4.78 is 1.68. The number of rotatable bonds is 4. The maximum absolute atomic E-state index is 12.3. The first kappa shape index (κ1) is 15.0. The largest absolute Gasteiger partial charge is 0.339 e. The highest BCUT2D eigenvalue weighted by atomic mass is 35.5. The van der Waals surface area contributed by atoms with Crippen molar-refractivity contribution >= 4 is 17.5 Å². The van der Waals surface area contributed by atoms with E-state index in [2.05, 4.69) is 15.4 Å². The van der Waals surface area contributed by atoms with Crippen molar-refractivity contribution in [2.24, 2.45) is 0 Å². The molecule has 0 aliphatic carbocycles. The van der Waals surface area contributed by atoms with Crippen LogP contribution in [0.3, 0.4) is 0 Å². The summed E-state index contributed by atoms with van der Waals surface area (Å²) in [6.07, 6.45) is 3.54. The average molecular weight is 320 g/mol. The Morgan fingerprint density at radius 2 is 2.36 bits per heavy atom. The molecule has 0 radical (unpaired) electrons. The number of carbonyl (C=O) groups is 1. The second-order valence-electron chi connectivity index (χ2n) is 5.31. The molecule has 1 fully saturated rings. The van der Waals surface area contributed by atoms with Crippen molar-refractivity contribution in [3.63, 3.8) is 0 Å². The Morgan fingerprint density at radius 3 is 3.14 bits per heavy atom. The van der Waals surface area contributed by atoms with Crippen LogP contribution in [0.25, 0.3) is 0 Å². The predicted octanol–water partition coefficient (Wildman–Crippen LogP) is 1.49. The molecule has 1 N–H and O–H groups in total. The lowest BCUT2D eigenvalue weighted by Gasteiger charge is -2.34. The van der Waals surface area contributed by atoms with Gasteiger partial charge in [-0.2, -0.15) is 5.10 Å². The van der Waals surface area contributed by atoms with E-state index >= 15 is 0 Å². The van der Waals surface area contributed by atoms with Crippen LogP contribution in [-0.2, 0) is 11.3 Å². The summed E-state index contributed by atoms with van der Waals surface area (Å²) in [5.74, 6) is 0.143.